The number of rotatable bonds is 4. The first-order valence-electron chi connectivity index (χ1n) is 3.31. The van der Waals surface area contributed by atoms with E-state index in [-0.39, 0.29) is 6.61 Å². The molecule has 0 aromatic heterocycles. The van der Waals surface area contributed by atoms with E-state index >= 15 is 0 Å². The maximum absolute atomic E-state index is 11.6. The highest BCUT2D eigenvalue weighted by Crippen LogP contribution is 2.21. The molecule has 0 amide bonds. The fourth-order valence-electron chi connectivity index (χ4n) is 0.503. The van der Waals surface area contributed by atoms with Crippen molar-refractivity contribution in [1.82, 2.24) is 0 Å². The normalized spacial score (nSPS) is 15.0. The monoisotopic (exact) mass is 172 g/mol. The fourth-order valence-corrected chi connectivity index (χ4v) is 0.503. The molecule has 0 radical (unpaired) electrons. The van der Waals surface area contributed by atoms with Crippen molar-refractivity contribution >= 4 is 0 Å². The highest BCUT2D eigenvalue weighted by Gasteiger charge is 2.37. The van der Waals surface area contributed by atoms with Gasteiger partial charge in [0.05, 0.1) is 0 Å². The molecule has 68 valence electrons. The minimum Gasteiger partial charge on any atom is -0.384 e. The molecule has 0 aliphatic carbocycles. The molecule has 0 heterocycles. The Labute approximate surface area is 63.0 Å². The number of alkyl halides is 3. The summed E-state index contributed by atoms with van der Waals surface area (Å²) in [6.07, 6.45) is -7.16. The van der Waals surface area contributed by atoms with Crippen molar-refractivity contribution in [2.75, 3.05) is 13.2 Å². The first-order chi connectivity index (χ1) is 4.98. The summed E-state index contributed by atoms with van der Waals surface area (Å²) < 4.78 is 39.4. The molecule has 0 aromatic carbocycles. The molecule has 0 aliphatic rings. The van der Waals surface area contributed by atoms with Gasteiger partial charge in [0.25, 0.3) is 0 Å². The first-order valence-corrected chi connectivity index (χ1v) is 3.31. The maximum atomic E-state index is 11.6. The van der Waals surface area contributed by atoms with Crippen molar-refractivity contribution in [2.24, 2.45) is 0 Å². The second kappa shape index (κ2) is 4.56. The molecule has 1 N–H and O–H groups in total. The summed E-state index contributed by atoms with van der Waals surface area (Å²) in [5.41, 5.74) is 0. The van der Waals surface area contributed by atoms with E-state index < -0.39 is 18.7 Å². The molecule has 1 atom stereocenters. The van der Waals surface area contributed by atoms with Crippen LogP contribution in [0.5, 0.6) is 0 Å². The van der Waals surface area contributed by atoms with Crippen LogP contribution in [0, 0.1) is 0 Å². The van der Waals surface area contributed by atoms with Gasteiger partial charge in [-0.15, -0.1) is 0 Å². The third-order valence-electron chi connectivity index (χ3n) is 1.12. The van der Waals surface area contributed by atoms with Gasteiger partial charge in [0.1, 0.15) is 0 Å². The Bertz CT molecular complexity index is 102. The molecule has 0 bridgehead atoms. The van der Waals surface area contributed by atoms with Crippen molar-refractivity contribution in [3.63, 3.8) is 0 Å². The predicted molar refractivity (Wildman–Crippen MR) is 33.2 cm³/mol. The van der Waals surface area contributed by atoms with Gasteiger partial charge in [-0.05, 0) is 6.92 Å². The summed E-state index contributed by atoms with van der Waals surface area (Å²) >= 11 is 0. The SMILES string of the molecule is CCOCC[C@H](O)C(F)(F)F. The molecule has 5 heteroatoms. The fraction of sp³-hybridized carbons (Fsp3) is 1.00. The number of hydrogen-bond acceptors (Lipinski definition) is 2. The van der Waals surface area contributed by atoms with Crippen LogP contribution in [-0.4, -0.2) is 30.6 Å². The maximum Gasteiger partial charge on any atom is 0.414 e. The van der Waals surface area contributed by atoms with Crippen LogP contribution in [0.15, 0.2) is 0 Å². The van der Waals surface area contributed by atoms with E-state index in [1.54, 1.807) is 6.92 Å². The smallest absolute Gasteiger partial charge is 0.384 e. The molecule has 0 aliphatic heterocycles. The lowest BCUT2D eigenvalue weighted by atomic mass is 10.2. The molecule has 0 rings (SSSR count). The summed E-state index contributed by atoms with van der Waals surface area (Å²) in [5.74, 6) is 0. The van der Waals surface area contributed by atoms with E-state index in [0.29, 0.717) is 6.61 Å². The second-order valence-corrected chi connectivity index (χ2v) is 2.04. The molecule has 0 spiro atoms. The molecular formula is C6H11F3O2. The Morgan fingerprint density at radius 3 is 2.36 bits per heavy atom. The molecule has 11 heavy (non-hydrogen) atoms. The van der Waals surface area contributed by atoms with Gasteiger partial charge in [-0.25, -0.2) is 0 Å². The van der Waals surface area contributed by atoms with Crippen molar-refractivity contribution in [3.05, 3.63) is 0 Å². The van der Waals surface area contributed by atoms with Gasteiger partial charge in [0.2, 0.25) is 0 Å². The lowest BCUT2D eigenvalue weighted by Crippen LogP contribution is -2.29. The van der Waals surface area contributed by atoms with E-state index in [1.165, 1.54) is 0 Å². The highest BCUT2D eigenvalue weighted by molar-refractivity contribution is 4.63. The Hall–Kier alpha value is -0.290. The van der Waals surface area contributed by atoms with Gasteiger partial charge < -0.3 is 9.84 Å². The summed E-state index contributed by atoms with van der Waals surface area (Å²) in [6.45, 7) is 1.99. The number of aliphatic hydroxyl groups excluding tert-OH is 1. The van der Waals surface area contributed by atoms with Crippen LogP contribution >= 0.6 is 0 Å². The number of hydrogen-bond donors (Lipinski definition) is 1. The molecule has 0 unspecified atom stereocenters. The van der Waals surface area contributed by atoms with Gasteiger partial charge in [-0.3, -0.25) is 0 Å². The van der Waals surface area contributed by atoms with Gasteiger partial charge >= 0.3 is 6.18 Å². The molecule has 0 saturated carbocycles. The Morgan fingerprint density at radius 1 is 1.45 bits per heavy atom. The zero-order valence-electron chi connectivity index (χ0n) is 6.19. The summed E-state index contributed by atoms with van der Waals surface area (Å²) in [6, 6.07) is 0. The predicted octanol–water partition coefficient (Wildman–Crippen LogP) is 1.34. The third-order valence-corrected chi connectivity index (χ3v) is 1.12. The minimum absolute atomic E-state index is 0.0584. The van der Waals surface area contributed by atoms with E-state index in [9.17, 15) is 13.2 Å². The van der Waals surface area contributed by atoms with Crippen LogP contribution in [0.4, 0.5) is 13.2 Å². The van der Waals surface area contributed by atoms with Crippen molar-refractivity contribution < 1.29 is 23.0 Å². The van der Waals surface area contributed by atoms with Crippen molar-refractivity contribution in [3.8, 4) is 0 Å². The summed E-state index contributed by atoms with van der Waals surface area (Å²) in [7, 11) is 0. The largest absolute Gasteiger partial charge is 0.414 e. The van der Waals surface area contributed by atoms with E-state index in [0.717, 1.165) is 0 Å². The lowest BCUT2D eigenvalue weighted by Gasteiger charge is -2.13. The van der Waals surface area contributed by atoms with Gasteiger partial charge in [0.15, 0.2) is 6.10 Å². The van der Waals surface area contributed by atoms with Crippen LogP contribution in [0.2, 0.25) is 0 Å². The van der Waals surface area contributed by atoms with Crippen LogP contribution < -0.4 is 0 Å². The van der Waals surface area contributed by atoms with E-state index in [1.807, 2.05) is 0 Å². The van der Waals surface area contributed by atoms with Gasteiger partial charge in [-0.1, -0.05) is 0 Å². The van der Waals surface area contributed by atoms with Gasteiger partial charge in [0, 0.05) is 19.6 Å². The highest BCUT2D eigenvalue weighted by atomic mass is 19.4. The Kier molecular flexibility index (Phi) is 4.44. The van der Waals surface area contributed by atoms with Crippen LogP contribution in [-0.2, 0) is 4.74 Å². The van der Waals surface area contributed by atoms with Crippen molar-refractivity contribution in [1.29, 1.82) is 0 Å². The Morgan fingerprint density at radius 2 is 2.00 bits per heavy atom. The van der Waals surface area contributed by atoms with Crippen LogP contribution in [0.25, 0.3) is 0 Å². The summed E-state index contributed by atoms with van der Waals surface area (Å²) in [4.78, 5) is 0. The number of halogens is 3. The standard InChI is InChI=1S/C6H11F3O2/c1-2-11-4-3-5(10)6(7,8)9/h5,10H,2-4H2,1H3/t5-/m0/s1. The van der Waals surface area contributed by atoms with Crippen LogP contribution in [0.1, 0.15) is 13.3 Å². The minimum atomic E-state index is -4.52. The molecular weight excluding hydrogens is 161 g/mol. The average molecular weight is 172 g/mol. The summed E-state index contributed by atoms with van der Waals surface area (Å²) in [5, 5.41) is 8.41. The average Bonchev–Trinajstić information content (AvgIpc) is 1.86. The van der Waals surface area contributed by atoms with Crippen LogP contribution in [0.3, 0.4) is 0 Å². The zero-order valence-corrected chi connectivity index (χ0v) is 6.19. The third kappa shape index (κ3) is 5.03. The van der Waals surface area contributed by atoms with E-state index in [4.69, 9.17) is 5.11 Å². The van der Waals surface area contributed by atoms with Crippen molar-refractivity contribution in [2.45, 2.75) is 25.6 Å². The van der Waals surface area contributed by atoms with Gasteiger partial charge in [-0.2, -0.15) is 13.2 Å². The molecule has 0 fully saturated rings. The lowest BCUT2D eigenvalue weighted by molar-refractivity contribution is -0.208. The molecule has 0 aromatic rings. The topological polar surface area (TPSA) is 29.5 Å². The molecule has 2 nitrogen and oxygen atoms in total. The molecule has 0 saturated heterocycles. The quantitative estimate of drug-likeness (QED) is 0.648. The van der Waals surface area contributed by atoms with E-state index in [2.05, 4.69) is 4.74 Å². The Balaban J connectivity index is 3.44. The number of ether oxygens (including phenoxy) is 1. The first kappa shape index (κ1) is 10.7. The zero-order chi connectivity index (χ0) is 8.91. The second-order valence-electron chi connectivity index (χ2n) is 2.04. The number of aliphatic hydroxyl groups is 1.